The van der Waals surface area contributed by atoms with Gasteiger partial charge < -0.3 is 0 Å². The van der Waals surface area contributed by atoms with Crippen molar-refractivity contribution in [3.8, 4) is 11.3 Å². The quantitative estimate of drug-likeness (QED) is 0.790. The molecule has 1 N–H and O–H groups in total. The molecule has 0 aliphatic heterocycles. The highest BCUT2D eigenvalue weighted by Crippen LogP contribution is 2.55. The van der Waals surface area contributed by atoms with Crippen molar-refractivity contribution in [2.75, 3.05) is 0 Å². The first kappa shape index (κ1) is 12.0. The number of H-pyrrole nitrogens is 1. The lowest BCUT2D eigenvalue weighted by atomic mass is 9.83. The van der Waals surface area contributed by atoms with E-state index < -0.39 is 17.5 Å². The second-order valence-corrected chi connectivity index (χ2v) is 5.95. The molecule has 1 heterocycles. The number of nitrogens with one attached hydrogen (secondary N) is 1. The average Bonchev–Trinajstić information content (AvgIpc) is 3.03. The van der Waals surface area contributed by atoms with E-state index in [1.54, 1.807) is 0 Å². The van der Waals surface area contributed by atoms with E-state index in [9.17, 15) is 13.2 Å². The zero-order valence-corrected chi connectivity index (χ0v) is 10.8. The Balaban J connectivity index is 1.84. The molecule has 0 unspecified atom stereocenters. The van der Waals surface area contributed by atoms with Gasteiger partial charge in [-0.15, -0.1) is 0 Å². The fraction of sp³-hybridized carbons (Fsp3) is 0.400. The molecular weight excluding hydrogens is 265 g/mol. The molecule has 2 aliphatic rings. The largest absolute Gasteiger partial charge is 0.282 e. The van der Waals surface area contributed by atoms with Crippen molar-refractivity contribution < 1.29 is 13.2 Å². The van der Waals surface area contributed by atoms with Crippen molar-refractivity contribution in [2.24, 2.45) is 5.41 Å². The van der Waals surface area contributed by atoms with Crippen LogP contribution in [-0.4, -0.2) is 10.2 Å². The molecule has 104 valence electrons. The van der Waals surface area contributed by atoms with Crippen molar-refractivity contribution in [1.82, 2.24) is 10.2 Å². The highest BCUT2D eigenvalue weighted by molar-refractivity contribution is 5.65. The molecule has 2 aromatic rings. The summed E-state index contributed by atoms with van der Waals surface area (Å²) in [5.41, 5.74) is 2.79. The lowest BCUT2D eigenvalue weighted by Gasteiger charge is -2.21. The number of hydrogen-bond acceptors (Lipinski definition) is 1. The Kier molecular flexibility index (Phi) is 2.32. The van der Waals surface area contributed by atoms with Crippen LogP contribution in [0.15, 0.2) is 12.1 Å². The highest BCUT2D eigenvalue weighted by atomic mass is 19.2. The minimum atomic E-state index is -1.17. The smallest absolute Gasteiger partial charge is 0.161 e. The van der Waals surface area contributed by atoms with Gasteiger partial charge >= 0.3 is 0 Å². The third kappa shape index (κ3) is 1.69. The Labute approximate surface area is 114 Å². The molecule has 1 saturated carbocycles. The molecule has 1 spiro atoms. The Morgan fingerprint density at radius 2 is 1.75 bits per heavy atom. The molecule has 0 radical (unpaired) electrons. The number of aromatic amines is 1. The fourth-order valence-corrected chi connectivity index (χ4v) is 3.18. The number of aromatic nitrogens is 2. The molecule has 2 nitrogen and oxygen atoms in total. The van der Waals surface area contributed by atoms with Crippen molar-refractivity contribution in [1.29, 1.82) is 0 Å². The third-order valence-corrected chi connectivity index (χ3v) is 4.63. The second-order valence-electron chi connectivity index (χ2n) is 5.95. The molecule has 4 rings (SSSR count). The molecular formula is C15H13F3N2. The fourth-order valence-electron chi connectivity index (χ4n) is 3.18. The van der Waals surface area contributed by atoms with Crippen molar-refractivity contribution in [2.45, 2.75) is 32.1 Å². The topological polar surface area (TPSA) is 28.7 Å². The van der Waals surface area contributed by atoms with Gasteiger partial charge in [0.25, 0.3) is 0 Å². The SMILES string of the molecule is Fc1cc(F)c(-c2n[nH]c3c2CC2(CC3)CC2)cc1F. The van der Waals surface area contributed by atoms with Crippen LogP contribution in [0.25, 0.3) is 11.3 Å². The molecule has 5 heteroatoms. The summed E-state index contributed by atoms with van der Waals surface area (Å²) in [5, 5.41) is 7.06. The Morgan fingerprint density at radius 1 is 1.00 bits per heavy atom. The monoisotopic (exact) mass is 278 g/mol. The van der Waals surface area contributed by atoms with E-state index >= 15 is 0 Å². The first-order valence-corrected chi connectivity index (χ1v) is 6.79. The molecule has 0 amide bonds. The molecule has 20 heavy (non-hydrogen) atoms. The lowest BCUT2D eigenvalue weighted by molar-refractivity contribution is 0.435. The summed E-state index contributed by atoms with van der Waals surface area (Å²) in [4.78, 5) is 0. The molecule has 1 aromatic heterocycles. The van der Waals surface area contributed by atoms with Gasteiger partial charge in [-0.3, -0.25) is 5.10 Å². The van der Waals surface area contributed by atoms with E-state index in [2.05, 4.69) is 10.2 Å². The van der Waals surface area contributed by atoms with Crippen LogP contribution in [0, 0.1) is 22.9 Å². The Bertz CT molecular complexity index is 701. The van der Waals surface area contributed by atoms with E-state index in [4.69, 9.17) is 0 Å². The summed E-state index contributed by atoms with van der Waals surface area (Å²) in [6.07, 6.45) is 5.26. The summed E-state index contributed by atoms with van der Waals surface area (Å²) in [5.74, 6) is -2.99. The van der Waals surface area contributed by atoms with Gasteiger partial charge in [-0.05, 0) is 43.6 Å². The number of halogens is 3. The molecule has 0 saturated heterocycles. The van der Waals surface area contributed by atoms with E-state index in [0.717, 1.165) is 36.6 Å². The van der Waals surface area contributed by atoms with Crippen LogP contribution in [0.3, 0.4) is 0 Å². The zero-order valence-electron chi connectivity index (χ0n) is 10.8. The minimum Gasteiger partial charge on any atom is -0.282 e. The number of aryl methyl sites for hydroxylation is 1. The van der Waals surface area contributed by atoms with Crippen LogP contribution in [0.4, 0.5) is 13.2 Å². The van der Waals surface area contributed by atoms with E-state index in [1.807, 2.05) is 0 Å². The predicted molar refractivity (Wildman–Crippen MR) is 67.6 cm³/mol. The highest BCUT2D eigenvalue weighted by Gasteiger charge is 2.46. The van der Waals surface area contributed by atoms with Gasteiger partial charge in [0, 0.05) is 22.9 Å². The maximum atomic E-state index is 13.9. The van der Waals surface area contributed by atoms with Gasteiger partial charge in [0.15, 0.2) is 11.6 Å². The summed E-state index contributed by atoms with van der Waals surface area (Å²) in [6, 6.07) is 1.48. The second kappa shape index (κ2) is 3.87. The van der Waals surface area contributed by atoms with Crippen LogP contribution >= 0.6 is 0 Å². The van der Waals surface area contributed by atoms with Crippen LogP contribution in [0.2, 0.25) is 0 Å². The summed E-state index contributed by atoms with van der Waals surface area (Å²) >= 11 is 0. The number of rotatable bonds is 1. The van der Waals surface area contributed by atoms with E-state index in [-0.39, 0.29) is 5.56 Å². The number of nitrogens with zero attached hydrogens (tertiary/aromatic N) is 1. The van der Waals surface area contributed by atoms with Crippen LogP contribution in [0.5, 0.6) is 0 Å². The third-order valence-electron chi connectivity index (χ3n) is 4.63. The molecule has 1 aromatic carbocycles. The number of fused-ring (bicyclic) bond motifs is 1. The van der Waals surface area contributed by atoms with E-state index in [1.165, 1.54) is 12.8 Å². The molecule has 0 bridgehead atoms. The Morgan fingerprint density at radius 3 is 2.50 bits per heavy atom. The predicted octanol–water partition coefficient (Wildman–Crippen LogP) is 3.76. The van der Waals surface area contributed by atoms with Gasteiger partial charge in [0.05, 0.1) is 5.69 Å². The van der Waals surface area contributed by atoms with Crippen molar-refractivity contribution >= 4 is 0 Å². The number of hydrogen-bond donors (Lipinski definition) is 1. The first-order chi connectivity index (χ1) is 9.58. The van der Waals surface area contributed by atoms with Gasteiger partial charge in [0.2, 0.25) is 0 Å². The van der Waals surface area contributed by atoms with Crippen molar-refractivity contribution in [3.05, 3.63) is 40.8 Å². The maximum absolute atomic E-state index is 13.9. The summed E-state index contributed by atoms with van der Waals surface area (Å²) < 4.78 is 40.3. The summed E-state index contributed by atoms with van der Waals surface area (Å²) in [7, 11) is 0. The van der Waals surface area contributed by atoms with Crippen molar-refractivity contribution in [3.63, 3.8) is 0 Å². The van der Waals surface area contributed by atoms with E-state index in [0.29, 0.717) is 17.2 Å². The van der Waals surface area contributed by atoms with Gasteiger partial charge in [-0.25, -0.2) is 13.2 Å². The first-order valence-electron chi connectivity index (χ1n) is 6.79. The average molecular weight is 278 g/mol. The van der Waals surface area contributed by atoms with Crippen LogP contribution in [-0.2, 0) is 12.8 Å². The maximum Gasteiger partial charge on any atom is 0.161 e. The standard InChI is InChI=1S/C15H13F3N2/c16-10-6-12(18)11(17)5-8(10)14-9-7-15(3-4-15)2-1-13(9)19-20-14/h5-6H,1-4,7H2,(H,19,20). The summed E-state index contributed by atoms with van der Waals surface area (Å²) in [6.45, 7) is 0. The zero-order chi connectivity index (χ0) is 13.9. The van der Waals surface area contributed by atoms with Gasteiger partial charge in [0.1, 0.15) is 5.82 Å². The van der Waals surface area contributed by atoms with Crippen LogP contribution in [0.1, 0.15) is 30.5 Å². The number of benzene rings is 1. The van der Waals surface area contributed by atoms with Gasteiger partial charge in [-0.2, -0.15) is 5.10 Å². The lowest BCUT2D eigenvalue weighted by Crippen LogP contribution is -2.14. The van der Waals surface area contributed by atoms with Crippen LogP contribution < -0.4 is 0 Å². The molecule has 0 atom stereocenters. The Hall–Kier alpha value is -1.78. The minimum absolute atomic E-state index is 0.0408. The van der Waals surface area contributed by atoms with Gasteiger partial charge in [-0.1, -0.05) is 0 Å². The molecule has 2 aliphatic carbocycles. The molecule has 1 fully saturated rings. The normalized spacial score (nSPS) is 19.1.